The fraction of sp³-hybridized carbons (Fsp3) is 0.233. The lowest BCUT2D eigenvalue weighted by molar-refractivity contribution is -0.145. The van der Waals surface area contributed by atoms with Crippen LogP contribution in [0.1, 0.15) is 36.7 Å². The third kappa shape index (κ3) is 7.77. The standard InChI is InChI=1S/C30H29FO7/c1-19(2)27(32)36-17-16-35-24-11-6-21(7-12-24)22-8-13-25(14-9-22)37-28(33)23-10-15-26(20(3)18-23)38-29(34)30(4,5)31/h6-15,18H,1,16-17H2,2-5H3. The van der Waals surface area contributed by atoms with E-state index in [-0.39, 0.29) is 24.5 Å². The van der Waals surface area contributed by atoms with Crippen LogP contribution in [0.25, 0.3) is 11.1 Å². The first-order valence-electron chi connectivity index (χ1n) is 11.8. The normalized spacial score (nSPS) is 10.9. The van der Waals surface area contributed by atoms with E-state index in [0.29, 0.717) is 22.6 Å². The van der Waals surface area contributed by atoms with Crippen molar-refractivity contribution in [3.8, 4) is 28.4 Å². The Kier molecular flexibility index (Phi) is 9.02. The van der Waals surface area contributed by atoms with E-state index in [2.05, 4.69) is 6.58 Å². The fourth-order valence-electron chi connectivity index (χ4n) is 3.15. The molecule has 0 spiro atoms. The van der Waals surface area contributed by atoms with Crippen molar-refractivity contribution < 1.29 is 37.7 Å². The van der Waals surface area contributed by atoms with Gasteiger partial charge in [-0.25, -0.2) is 18.8 Å². The average molecular weight is 521 g/mol. The van der Waals surface area contributed by atoms with Crippen LogP contribution in [0.3, 0.4) is 0 Å². The van der Waals surface area contributed by atoms with Crippen molar-refractivity contribution in [3.63, 3.8) is 0 Å². The number of carbonyl (C=O) groups excluding carboxylic acids is 3. The Morgan fingerprint density at radius 2 is 1.42 bits per heavy atom. The maximum Gasteiger partial charge on any atom is 0.348 e. The van der Waals surface area contributed by atoms with E-state index >= 15 is 0 Å². The first-order chi connectivity index (χ1) is 17.9. The van der Waals surface area contributed by atoms with E-state index in [9.17, 15) is 18.8 Å². The van der Waals surface area contributed by atoms with Crippen LogP contribution < -0.4 is 14.2 Å². The van der Waals surface area contributed by atoms with Crippen LogP contribution in [0.15, 0.2) is 78.9 Å². The summed E-state index contributed by atoms with van der Waals surface area (Å²) in [5.41, 5.74) is 0.798. The molecule has 0 fully saturated rings. The molecule has 0 heterocycles. The SMILES string of the molecule is C=C(C)C(=O)OCCOc1ccc(-c2ccc(OC(=O)c3ccc(OC(=O)C(C)(C)F)c(C)c3)cc2)cc1. The monoisotopic (exact) mass is 520 g/mol. The molecule has 0 aliphatic heterocycles. The molecule has 0 aliphatic carbocycles. The first-order valence-corrected chi connectivity index (χ1v) is 11.8. The Labute approximate surface area is 220 Å². The van der Waals surface area contributed by atoms with Crippen molar-refractivity contribution in [1.29, 1.82) is 0 Å². The zero-order valence-corrected chi connectivity index (χ0v) is 21.7. The minimum atomic E-state index is -2.13. The molecule has 0 radical (unpaired) electrons. The maximum absolute atomic E-state index is 13.7. The minimum Gasteiger partial charge on any atom is -0.490 e. The summed E-state index contributed by atoms with van der Waals surface area (Å²) in [6.45, 7) is 9.32. The van der Waals surface area contributed by atoms with Gasteiger partial charge in [-0.05, 0) is 86.8 Å². The van der Waals surface area contributed by atoms with Crippen LogP contribution in [-0.2, 0) is 14.3 Å². The highest BCUT2D eigenvalue weighted by Crippen LogP contribution is 2.26. The lowest BCUT2D eigenvalue weighted by atomic mass is 10.1. The Balaban J connectivity index is 1.55. The molecule has 7 nitrogen and oxygen atoms in total. The maximum atomic E-state index is 13.7. The molecule has 3 aromatic carbocycles. The summed E-state index contributed by atoms with van der Waals surface area (Å²) < 4.78 is 34.8. The van der Waals surface area contributed by atoms with Crippen LogP contribution in [-0.4, -0.2) is 36.8 Å². The zero-order valence-electron chi connectivity index (χ0n) is 21.7. The number of halogens is 1. The molecule has 8 heteroatoms. The highest BCUT2D eigenvalue weighted by atomic mass is 19.1. The van der Waals surface area contributed by atoms with E-state index in [1.54, 1.807) is 26.0 Å². The molecule has 0 aliphatic rings. The largest absolute Gasteiger partial charge is 0.490 e. The summed E-state index contributed by atoms with van der Waals surface area (Å²) in [5, 5.41) is 0. The van der Waals surface area contributed by atoms with Crippen molar-refractivity contribution in [2.45, 2.75) is 33.4 Å². The predicted molar refractivity (Wildman–Crippen MR) is 140 cm³/mol. The molecule has 3 aromatic rings. The number of alkyl halides is 1. The lowest BCUT2D eigenvalue weighted by Crippen LogP contribution is -2.31. The van der Waals surface area contributed by atoms with Gasteiger partial charge in [0.15, 0.2) is 0 Å². The molecule has 38 heavy (non-hydrogen) atoms. The van der Waals surface area contributed by atoms with Gasteiger partial charge in [0.1, 0.15) is 30.5 Å². The van der Waals surface area contributed by atoms with Gasteiger partial charge in [-0.2, -0.15) is 0 Å². The third-order valence-corrected chi connectivity index (χ3v) is 5.28. The summed E-state index contributed by atoms with van der Waals surface area (Å²) in [6, 6.07) is 18.8. The van der Waals surface area contributed by atoms with Gasteiger partial charge in [0.05, 0.1) is 5.56 Å². The van der Waals surface area contributed by atoms with Gasteiger partial charge >= 0.3 is 17.9 Å². The van der Waals surface area contributed by atoms with Gasteiger partial charge in [-0.15, -0.1) is 0 Å². The van der Waals surface area contributed by atoms with Gasteiger partial charge < -0.3 is 18.9 Å². The number of ether oxygens (including phenoxy) is 4. The predicted octanol–water partition coefficient (Wildman–Crippen LogP) is 6.03. The fourth-order valence-corrected chi connectivity index (χ4v) is 3.15. The number of carbonyl (C=O) groups is 3. The second kappa shape index (κ2) is 12.2. The molecule has 0 atom stereocenters. The zero-order chi connectivity index (χ0) is 27.9. The third-order valence-electron chi connectivity index (χ3n) is 5.28. The number of aryl methyl sites for hydroxylation is 1. The minimum absolute atomic E-state index is 0.127. The Morgan fingerprint density at radius 3 is 1.95 bits per heavy atom. The molecule has 0 unspecified atom stereocenters. The smallest absolute Gasteiger partial charge is 0.348 e. The Hall–Kier alpha value is -4.46. The van der Waals surface area contributed by atoms with Gasteiger partial charge in [0.2, 0.25) is 5.67 Å². The van der Waals surface area contributed by atoms with Gasteiger partial charge in [0.25, 0.3) is 0 Å². The number of benzene rings is 3. The Bertz CT molecular complexity index is 1320. The molecule has 0 aromatic heterocycles. The van der Waals surface area contributed by atoms with Crippen LogP contribution in [0.5, 0.6) is 17.2 Å². The van der Waals surface area contributed by atoms with Crippen LogP contribution >= 0.6 is 0 Å². The Morgan fingerprint density at radius 1 is 0.842 bits per heavy atom. The average Bonchev–Trinajstić information content (AvgIpc) is 2.87. The summed E-state index contributed by atoms with van der Waals surface area (Å²) >= 11 is 0. The van der Waals surface area contributed by atoms with Crippen LogP contribution in [0.4, 0.5) is 4.39 Å². The van der Waals surface area contributed by atoms with Gasteiger partial charge in [-0.1, -0.05) is 30.8 Å². The number of hydrogen-bond acceptors (Lipinski definition) is 7. The second-order valence-electron chi connectivity index (χ2n) is 9.05. The lowest BCUT2D eigenvalue weighted by Gasteiger charge is -2.14. The molecular weight excluding hydrogens is 491 g/mol. The highest BCUT2D eigenvalue weighted by Gasteiger charge is 2.29. The topological polar surface area (TPSA) is 88.1 Å². The van der Waals surface area contributed by atoms with Crippen molar-refractivity contribution >= 4 is 17.9 Å². The van der Waals surface area contributed by atoms with E-state index in [0.717, 1.165) is 25.0 Å². The molecule has 0 bridgehead atoms. The first kappa shape index (κ1) is 28.1. The van der Waals surface area contributed by atoms with E-state index in [4.69, 9.17) is 18.9 Å². The summed E-state index contributed by atoms with van der Waals surface area (Å²) in [4.78, 5) is 35.7. The van der Waals surface area contributed by atoms with Crippen molar-refractivity contribution in [2.75, 3.05) is 13.2 Å². The number of hydrogen-bond donors (Lipinski definition) is 0. The van der Waals surface area contributed by atoms with Crippen LogP contribution in [0.2, 0.25) is 0 Å². The second-order valence-corrected chi connectivity index (χ2v) is 9.05. The molecular formula is C30H29FO7. The molecule has 3 rings (SSSR count). The molecule has 0 saturated heterocycles. The number of rotatable bonds is 10. The van der Waals surface area contributed by atoms with E-state index < -0.39 is 23.6 Å². The summed E-state index contributed by atoms with van der Waals surface area (Å²) in [7, 11) is 0. The highest BCUT2D eigenvalue weighted by molar-refractivity contribution is 5.92. The van der Waals surface area contributed by atoms with Gasteiger partial charge in [-0.3, -0.25) is 0 Å². The van der Waals surface area contributed by atoms with Crippen molar-refractivity contribution in [2.24, 2.45) is 0 Å². The quantitative estimate of drug-likeness (QED) is 0.140. The molecule has 198 valence electrons. The van der Waals surface area contributed by atoms with Crippen molar-refractivity contribution in [3.05, 3.63) is 90.0 Å². The summed E-state index contributed by atoms with van der Waals surface area (Å²) in [5.74, 6) is -0.887. The van der Waals surface area contributed by atoms with E-state index in [1.165, 1.54) is 18.2 Å². The van der Waals surface area contributed by atoms with Gasteiger partial charge in [0, 0.05) is 5.57 Å². The molecule has 0 N–H and O–H groups in total. The molecule has 0 amide bonds. The van der Waals surface area contributed by atoms with E-state index in [1.807, 2.05) is 36.4 Å². The van der Waals surface area contributed by atoms with Crippen molar-refractivity contribution in [1.82, 2.24) is 0 Å². The summed E-state index contributed by atoms with van der Waals surface area (Å²) in [6.07, 6.45) is 0. The number of esters is 3. The van der Waals surface area contributed by atoms with Crippen LogP contribution in [0, 0.1) is 6.92 Å². The molecule has 0 saturated carbocycles.